The number of methoxy groups -OCH3 is 1. The van der Waals surface area contributed by atoms with Gasteiger partial charge in [-0.05, 0) is 56.6 Å². The van der Waals surface area contributed by atoms with Gasteiger partial charge in [0, 0.05) is 18.9 Å². The number of benzene rings is 1. The van der Waals surface area contributed by atoms with E-state index in [0.717, 1.165) is 18.7 Å². The van der Waals surface area contributed by atoms with Crippen molar-refractivity contribution in [1.82, 2.24) is 20.4 Å². The van der Waals surface area contributed by atoms with Crippen molar-refractivity contribution >= 4 is 17.5 Å². The molecule has 1 fully saturated rings. The molecule has 2 heterocycles. The highest BCUT2D eigenvalue weighted by molar-refractivity contribution is 6.32. The van der Waals surface area contributed by atoms with Crippen LogP contribution in [0.1, 0.15) is 25.3 Å². The zero-order valence-corrected chi connectivity index (χ0v) is 16.4. The van der Waals surface area contributed by atoms with Crippen LogP contribution in [0.5, 0.6) is 11.5 Å². The lowest BCUT2D eigenvalue weighted by atomic mass is 9.87. The van der Waals surface area contributed by atoms with E-state index in [1.807, 2.05) is 25.3 Å². The fraction of sp³-hybridized carbons (Fsp3) is 0.474. The van der Waals surface area contributed by atoms with E-state index < -0.39 is 5.54 Å². The molecule has 2 aromatic rings. The van der Waals surface area contributed by atoms with Crippen LogP contribution in [0.3, 0.4) is 0 Å². The van der Waals surface area contributed by atoms with Crippen LogP contribution in [0.4, 0.5) is 0 Å². The number of piperidine rings is 1. The second kappa shape index (κ2) is 8.63. The summed E-state index contributed by atoms with van der Waals surface area (Å²) in [6, 6.07) is 5.46. The Kier molecular flexibility index (Phi) is 6.23. The topological polar surface area (TPSA) is 77.4 Å². The number of halogens is 1. The fourth-order valence-electron chi connectivity index (χ4n) is 3.43. The van der Waals surface area contributed by atoms with E-state index in [9.17, 15) is 4.79 Å². The molecule has 7 nitrogen and oxygen atoms in total. The number of ether oxygens (including phenoxy) is 2. The van der Waals surface area contributed by atoms with E-state index in [0.29, 0.717) is 42.5 Å². The molecule has 1 amide bonds. The molecular formula is C19H25ClN4O3. The zero-order valence-electron chi connectivity index (χ0n) is 15.6. The molecule has 1 aromatic heterocycles. The zero-order chi connectivity index (χ0) is 19.3. The third-order valence-corrected chi connectivity index (χ3v) is 5.11. The number of nitrogens with one attached hydrogen (secondary N) is 2. The Morgan fingerprint density at radius 2 is 2.19 bits per heavy atom. The van der Waals surface area contributed by atoms with Crippen LogP contribution in [0.2, 0.25) is 5.02 Å². The van der Waals surface area contributed by atoms with E-state index >= 15 is 0 Å². The average molecular weight is 393 g/mol. The summed E-state index contributed by atoms with van der Waals surface area (Å²) in [6.45, 7) is 4.27. The predicted molar refractivity (Wildman–Crippen MR) is 103 cm³/mol. The first kappa shape index (κ1) is 19.5. The summed E-state index contributed by atoms with van der Waals surface area (Å²) in [5.74, 6) is 1.03. The van der Waals surface area contributed by atoms with Crippen LogP contribution in [0.15, 0.2) is 30.6 Å². The molecule has 0 unspecified atom stereocenters. The van der Waals surface area contributed by atoms with Gasteiger partial charge in [0.05, 0.1) is 18.7 Å². The van der Waals surface area contributed by atoms with Gasteiger partial charge in [-0.25, -0.2) is 0 Å². The lowest BCUT2D eigenvalue weighted by Gasteiger charge is -2.36. The van der Waals surface area contributed by atoms with Gasteiger partial charge in [0.15, 0.2) is 11.5 Å². The minimum Gasteiger partial charge on any atom is -0.493 e. The van der Waals surface area contributed by atoms with E-state index in [4.69, 9.17) is 21.1 Å². The van der Waals surface area contributed by atoms with Gasteiger partial charge in [-0.1, -0.05) is 11.6 Å². The van der Waals surface area contributed by atoms with Gasteiger partial charge in [-0.3, -0.25) is 9.48 Å². The maximum atomic E-state index is 13.1. The second-order valence-electron chi connectivity index (χ2n) is 6.46. The summed E-state index contributed by atoms with van der Waals surface area (Å²) in [7, 11) is 1.57. The molecule has 0 aliphatic carbocycles. The first-order valence-corrected chi connectivity index (χ1v) is 9.47. The van der Waals surface area contributed by atoms with Crippen LogP contribution in [-0.2, 0) is 16.9 Å². The quantitative estimate of drug-likeness (QED) is 0.756. The normalized spacial score (nSPS) is 16.0. The summed E-state index contributed by atoms with van der Waals surface area (Å²) < 4.78 is 12.7. The van der Waals surface area contributed by atoms with E-state index in [1.54, 1.807) is 24.1 Å². The summed E-state index contributed by atoms with van der Waals surface area (Å²) >= 11 is 6.32. The molecule has 8 heteroatoms. The molecule has 146 valence electrons. The highest BCUT2D eigenvalue weighted by atomic mass is 35.5. The van der Waals surface area contributed by atoms with Crippen LogP contribution < -0.4 is 20.1 Å². The van der Waals surface area contributed by atoms with Gasteiger partial charge in [-0.15, -0.1) is 0 Å². The number of carbonyl (C=O) groups excluding carboxylic acids is 1. The number of nitrogens with zero attached hydrogens (tertiary/aromatic N) is 2. The van der Waals surface area contributed by atoms with Gasteiger partial charge < -0.3 is 20.1 Å². The van der Waals surface area contributed by atoms with Crippen LogP contribution in [0, 0.1) is 0 Å². The number of amides is 1. The van der Waals surface area contributed by atoms with Crippen molar-refractivity contribution < 1.29 is 14.3 Å². The Bertz CT molecular complexity index is 774. The molecule has 0 atom stereocenters. The molecule has 2 N–H and O–H groups in total. The van der Waals surface area contributed by atoms with Gasteiger partial charge in [-0.2, -0.15) is 5.10 Å². The maximum Gasteiger partial charge on any atom is 0.248 e. The van der Waals surface area contributed by atoms with Crippen LogP contribution in [-0.4, -0.2) is 42.5 Å². The minimum absolute atomic E-state index is 0.0447. The Hall–Kier alpha value is -2.25. The van der Waals surface area contributed by atoms with Gasteiger partial charge >= 0.3 is 0 Å². The molecule has 0 bridgehead atoms. The largest absolute Gasteiger partial charge is 0.493 e. The highest BCUT2D eigenvalue weighted by Crippen LogP contribution is 2.36. The predicted octanol–water partition coefficient (Wildman–Crippen LogP) is 2.34. The van der Waals surface area contributed by atoms with Gasteiger partial charge in [0.1, 0.15) is 5.54 Å². The first-order valence-electron chi connectivity index (χ1n) is 9.09. The molecular weight excluding hydrogens is 368 g/mol. The smallest absolute Gasteiger partial charge is 0.248 e. The lowest BCUT2D eigenvalue weighted by Crippen LogP contribution is -2.54. The van der Waals surface area contributed by atoms with Crippen molar-refractivity contribution in [3.05, 3.63) is 41.2 Å². The van der Waals surface area contributed by atoms with Crippen molar-refractivity contribution in [3.63, 3.8) is 0 Å². The third kappa shape index (κ3) is 4.04. The molecule has 0 spiro atoms. The van der Waals surface area contributed by atoms with Crippen LogP contribution in [0.25, 0.3) is 0 Å². The monoisotopic (exact) mass is 392 g/mol. The number of carbonyl (C=O) groups is 1. The molecule has 3 rings (SSSR count). The Morgan fingerprint density at radius 3 is 2.81 bits per heavy atom. The maximum absolute atomic E-state index is 13.1. The summed E-state index contributed by atoms with van der Waals surface area (Å²) in [4.78, 5) is 13.1. The van der Waals surface area contributed by atoms with Gasteiger partial charge in [0.25, 0.3) is 0 Å². The Balaban J connectivity index is 1.77. The molecule has 1 aromatic carbocycles. The molecule has 1 aliphatic heterocycles. The van der Waals surface area contributed by atoms with E-state index in [2.05, 4.69) is 15.7 Å². The molecule has 1 aliphatic rings. The van der Waals surface area contributed by atoms with Crippen molar-refractivity contribution in [1.29, 1.82) is 0 Å². The fourth-order valence-corrected chi connectivity index (χ4v) is 3.72. The SMILES string of the molecule is CCOc1c(Cl)cc(CNC(=O)C2(n3cccn3)CCNCC2)cc1OC. The highest BCUT2D eigenvalue weighted by Gasteiger charge is 2.41. The second-order valence-corrected chi connectivity index (χ2v) is 6.86. The minimum atomic E-state index is -0.673. The molecule has 0 radical (unpaired) electrons. The van der Waals surface area contributed by atoms with Crippen molar-refractivity contribution in [2.24, 2.45) is 0 Å². The summed E-state index contributed by atoms with van der Waals surface area (Å²) in [5.41, 5.74) is 0.173. The summed E-state index contributed by atoms with van der Waals surface area (Å²) in [5, 5.41) is 11.1. The number of hydrogen-bond acceptors (Lipinski definition) is 5. The van der Waals surface area contributed by atoms with Crippen molar-refractivity contribution in [2.75, 3.05) is 26.8 Å². The average Bonchev–Trinajstić information content (AvgIpc) is 3.23. The van der Waals surface area contributed by atoms with E-state index in [1.165, 1.54) is 0 Å². The number of hydrogen-bond donors (Lipinski definition) is 2. The van der Waals surface area contributed by atoms with Gasteiger partial charge in [0.2, 0.25) is 5.91 Å². The standard InChI is InChI=1S/C19H25ClN4O3/c1-3-27-17-15(20)11-14(12-16(17)26-2)13-22-18(25)19(5-8-21-9-6-19)24-10-4-7-23-24/h4,7,10-12,21H,3,5-6,8-9,13H2,1-2H3,(H,22,25). The summed E-state index contributed by atoms with van der Waals surface area (Å²) in [6.07, 6.45) is 4.93. The Morgan fingerprint density at radius 1 is 1.41 bits per heavy atom. The van der Waals surface area contributed by atoms with E-state index in [-0.39, 0.29) is 5.91 Å². The number of rotatable bonds is 7. The molecule has 27 heavy (non-hydrogen) atoms. The first-order chi connectivity index (χ1) is 13.1. The molecule has 0 saturated carbocycles. The number of aromatic nitrogens is 2. The Labute approximate surface area is 164 Å². The van der Waals surface area contributed by atoms with Crippen molar-refractivity contribution in [3.8, 4) is 11.5 Å². The van der Waals surface area contributed by atoms with Crippen molar-refractivity contribution in [2.45, 2.75) is 31.8 Å². The molecule has 1 saturated heterocycles. The lowest BCUT2D eigenvalue weighted by molar-refractivity contribution is -0.132. The van der Waals surface area contributed by atoms with Crippen LogP contribution >= 0.6 is 11.6 Å². The third-order valence-electron chi connectivity index (χ3n) is 4.83.